The molecule has 1 N–H and O–H groups in total. The van der Waals surface area contributed by atoms with Gasteiger partial charge in [0.1, 0.15) is 0 Å². The van der Waals surface area contributed by atoms with Crippen LogP contribution in [0.15, 0.2) is 97.3 Å². The fraction of sp³-hybridized carbons (Fsp3) is 0.351. The van der Waals surface area contributed by atoms with E-state index in [-0.39, 0.29) is 29.1 Å². The van der Waals surface area contributed by atoms with Crippen molar-refractivity contribution in [2.45, 2.75) is 33.2 Å². The summed E-state index contributed by atoms with van der Waals surface area (Å²) in [5, 5.41) is 7.55. The zero-order valence-electron chi connectivity index (χ0n) is 25.9. The van der Waals surface area contributed by atoms with Crippen molar-refractivity contribution >= 4 is 23.4 Å². The smallest absolute Gasteiger partial charge is 0.257 e. The van der Waals surface area contributed by atoms with Crippen LogP contribution in [0.3, 0.4) is 0 Å². The summed E-state index contributed by atoms with van der Waals surface area (Å²) in [5.74, 6) is -0.458. The molecular weight excluding hydrogens is 562 g/mol. The van der Waals surface area contributed by atoms with Crippen LogP contribution in [0.2, 0.25) is 0 Å². The lowest BCUT2D eigenvalue weighted by molar-refractivity contribution is -0.150. The largest absolute Gasteiger partial charge is 0.341 e. The van der Waals surface area contributed by atoms with E-state index in [1.165, 1.54) is 5.56 Å². The molecule has 0 bridgehead atoms. The van der Waals surface area contributed by atoms with Crippen LogP contribution in [0.5, 0.6) is 0 Å². The molecule has 3 amide bonds. The van der Waals surface area contributed by atoms with E-state index in [4.69, 9.17) is 0 Å². The Kier molecular flexibility index (Phi) is 7.30. The molecule has 0 radical (unpaired) electrons. The number of nitrogens with zero attached hydrogens (tertiary/aromatic N) is 4. The van der Waals surface area contributed by atoms with Gasteiger partial charge in [-0.2, -0.15) is 5.10 Å². The van der Waals surface area contributed by atoms with Gasteiger partial charge in [-0.05, 0) is 47.1 Å². The lowest BCUT2D eigenvalue weighted by atomic mass is 9.71. The first-order valence-electron chi connectivity index (χ1n) is 15.8. The molecule has 8 heteroatoms. The van der Waals surface area contributed by atoms with Crippen molar-refractivity contribution in [3.05, 3.63) is 120 Å². The average Bonchev–Trinajstić information content (AvgIpc) is 3.34. The van der Waals surface area contributed by atoms with Gasteiger partial charge < -0.3 is 15.1 Å². The fourth-order valence-electron chi connectivity index (χ4n) is 7.06. The predicted molar refractivity (Wildman–Crippen MR) is 172 cm³/mol. The molecule has 3 heterocycles. The van der Waals surface area contributed by atoms with Crippen LogP contribution in [-0.4, -0.2) is 63.5 Å². The first kappa shape index (κ1) is 29.0. The van der Waals surface area contributed by atoms with Crippen molar-refractivity contribution < 1.29 is 14.4 Å². The van der Waals surface area contributed by atoms with Crippen molar-refractivity contribution in [1.29, 1.82) is 0 Å². The number of hydrogen-bond donors (Lipinski definition) is 1. The van der Waals surface area contributed by atoms with E-state index in [9.17, 15) is 14.4 Å². The van der Waals surface area contributed by atoms with Crippen molar-refractivity contribution in [2.75, 3.05) is 31.5 Å². The Hall–Kier alpha value is -4.72. The summed E-state index contributed by atoms with van der Waals surface area (Å²) < 4.78 is 1.77. The third kappa shape index (κ3) is 5.89. The first-order valence-corrected chi connectivity index (χ1v) is 15.8. The molecule has 230 valence electrons. The maximum atomic E-state index is 13.9. The molecule has 0 unspecified atom stereocenters. The second-order valence-corrected chi connectivity index (χ2v) is 13.8. The van der Waals surface area contributed by atoms with Crippen LogP contribution >= 0.6 is 0 Å². The van der Waals surface area contributed by atoms with Crippen LogP contribution < -0.4 is 5.32 Å². The number of benzene rings is 3. The summed E-state index contributed by atoms with van der Waals surface area (Å²) in [4.78, 5) is 44.5. The molecular formula is C37H39N5O3. The van der Waals surface area contributed by atoms with E-state index < -0.39 is 11.3 Å². The number of carbonyl (C=O) groups is 3. The molecule has 1 aromatic heterocycles. The normalized spacial score (nSPS) is 20.9. The van der Waals surface area contributed by atoms with Crippen molar-refractivity contribution in [3.8, 4) is 0 Å². The molecule has 1 aliphatic carbocycles. The molecule has 2 aliphatic heterocycles. The van der Waals surface area contributed by atoms with Crippen LogP contribution in [0.25, 0.3) is 0 Å². The minimum absolute atomic E-state index is 0.0425. The molecule has 3 fully saturated rings. The molecule has 8 nitrogen and oxygen atoms in total. The van der Waals surface area contributed by atoms with Gasteiger partial charge in [-0.15, -0.1) is 0 Å². The Labute approximate surface area is 264 Å². The average molecular weight is 602 g/mol. The van der Waals surface area contributed by atoms with Crippen LogP contribution in [0.1, 0.15) is 47.3 Å². The fourth-order valence-corrected chi connectivity index (χ4v) is 7.06. The quantitative estimate of drug-likeness (QED) is 0.304. The molecule has 3 aromatic carbocycles. The van der Waals surface area contributed by atoms with E-state index in [0.717, 1.165) is 29.7 Å². The van der Waals surface area contributed by atoms with Gasteiger partial charge in [0, 0.05) is 49.4 Å². The molecule has 45 heavy (non-hydrogen) atoms. The van der Waals surface area contributed by atoms with Gasteiger partial charge in [0.05, 0.1) is 24.2 Å². The van der Waals surface area contributed by atoms with Crippen molar-refractivity contribution in [3.63, 3.8) is 0 Å². The van der Waals surface area contributed by atoms with Gasteiger partial charge in [-0.25, -0.2) is 0 Å². The van der Waals surface area contributed by atoms with Gasteiger partial charge >= 0.3 is 0 Å². The lowest BCUT2D eigenvalue weighted by Crippen LogP contribution is -2.64. The number of rotatable bonds is 8. The second kappa shape index (κ2) is 11.3. The maximum Gasteiger partial charge on any atom is 0.257 e. The summed E-state index contributed by atoms with van der Waals surface area (Å²) in [6, 6.07) is 28.2. The van der Waals surface area contributed by atoms with E-state index in [1.54, 1.807) is 22.0 Å². The van der Waals surface area contributed by atoms with Crippen molar-refractivity contribution in [1.82, 2.24) is 19.6 Å². The van der Waals surface area contributed by atoms with Crippen molar-refractivity contribution in [2.24, 2.45) is 22.7 Å². The summed E-state index contributed by atoms with van der Waals surface area (Å²) in [7, 11) is 0. The number of anilines is 1. The Bertz CT molecular complexity index is 1710. The highest BCUT2D eigenvalue weighted by Crippen LogP contribution is 2.54. The summed E-state index contributed by atoms with van der Waals surface area (Å²) >= 11 is 0. The molecule has 2 atom stereocenters. The number of aromatic nitrogens is 2. The number of likely N-dealkylation sites (tertiary alicyclic amines) is 2. The highest BCUT2D eigenvalue weighted by Gasteiger charge is 2.61. The van der Waals surface area contributed by atoms with Gasteiger partial charge in [0.25, 0.3) is 5.91 Å². The van der Waals surface area contributed by atoms with Gasteiger partial charge in [0.2, 0.25) is 11.8 Å². The highest BCUT2D eigenvalue weighted by molar-refractivity contribution is 5.97. The van der Waals surface area contributed by atoms with Crippen LogP contribution in [-0.2, 0) is 22.6 Å². The minimum atomic E-state index is -0.471. The number of hydrogen-bond acceptors (Lipinski definition) is 4. The molecule has 4 aromatic rings. The van der Waals surface area contributed by atoms with E-state index in [2.05, 4.69) is 36.4 Å². The molecule has 1 saturated carbocycles. The predicted octanol–water partition coefficient (Wildman–Crippen LogP) is 5.11. The van der Waals surface area contributed by atoms with Crippen LogP contribution in [0.4, 0.5) is 5.69 Å². The molecule has 1 spiro atoms. The highest BCUT2D eigenvalue weighted by atomic mass is 16.2. The third-order valence-electron chi connectivity index (χ3n) is 9.93. The molecule has 2 saturated heterocycles. The zero-order valence-corrected chi connectivity index (χ0v) is 25.9. The molecule has 7 rings (SSSR count). The van der Waals surface area contributed by atoms with Gasteiger partial charge in [0.15, 0.2) is 0 Å². The second-order valence-electron chi connectivity index (χ2n) is 13.8. The molecule has 3 aliphatic rings. The van der Waals surface area contributed by atoms with Gasteiger partial charge in [-0.3, -0.25) is 19.1 Å². The van der Waals surface area contributed by atoms with E-state index in [0.29, 0.717) is 38.3 Å². The third-order valence-corrected chi connectivity index (χ3v) is 9.93. The number of carbonyl (C=O) groups excluding carboxylic acids is 3. The van der Waals surface area contributed by atoms with Crippen LogP contribution in [0, 0.1) is 22.7 Å². The Morgan fingerprint density at radius 3 is 2.04 bits per heavy atom. The van der Waals surface area contributed by atoms with Gasteiger partial charge in [-0.1, -0.05) is 86.6 Å². The monoisotopic (exact) mass is 601 g/mol. The number of nitrogens with one attached hydrogen (secondary N) is 1. The number of amides is 3. The first-order chi connectivity index (χ1) is 21.7. The summed E-state index contributed by atoms with van der Waals surface area (Å²) in [5.41, 5.74) is 4.30. The SMILES string of the molecule is CC1(C)C[C@@H]1C(=O)N1CC2(CN(C(=O)c3cnn(Cc4ccccc4)c3)C[C@H]2C(=O)Nc2ccc(Cc3ccccc3)cc2)C1. The lowest BCUT2D eigenvalue weighted by Gasteiger charge is -2.50. The summed E-state index contributed by atoms with van der Waals surface area (Å²) in [6.07, 6.45) is 5.10. The topological polar surface area (TPSA) is 87.5 Å². The maximum absolute atomic E-state index is 13.9. The zero-order chi connectivity index (χ0) is 31.2. The van der Waals surface area contributed by atoms with E-state index >= 15 is 0 Å². The summed E-state index contributed by atoms with van der Waals surface area (Å²) in [6.45, 7) is 6.54. The standard InChI is InChI=1S/C37H39N5O3/c1-36(2)18-31(36)35(45)41-24-37(25-41)23-40(34(44)29-19-38-42(21-29)20-28-11-7-4-8-12-28)22-32(37)33(43)39-30-15-13-27(14-16-30)17-26-9-5-3-6-10-26/h3-16,19,21,31-32H,17-18,20,22-25H2,1-2H3,(H,39,43)/t31-,32+/m1/s1. The Morgan fingerprint density at radius 2 is 1.40 bits per heavy atom. The Morgan fingerprint density at radius 1 is 0.800 bits per heavy atom. The van der Waals surface area contributed by atoms with E-state index in [1.807, 2.05) is 77.7 Å². The Balaban J connectivity index is 1.06. The minimum Gasteiger partial charge on any atom is -0.341 e.